The highest BCUT2D eigenvalue weighted by Crippen LogP contribution is 2.17. The van der Waals surface area contributed by atoms with Crippen molar-refractivity contribution in [1.29, 1.82) is 0 Å². The lowest BCUT2D eigenvalue weighted by Gasteiger charge is -2.01. The van der Waals surface area contributed by atoms with E-state index >= 15 is 0 Å². The topological polar surface area (TPSA) is 34.9 Å². The summed E-state index contributed by atoms with van der Waals surface area (Å²) in [5.41, 5.74) is 0.518. The smallest absolute Gasteiger partial charge is 0.226 e. The lowest BCUT2D eigenvalue weighted by Crippen LogP contribution is -2.00. The number of benzene rings is 1. The lowest BCUT2D eigenvalue weighted by atomic mass is 10.3. The maximum Gasteiger partial charge on any atom is 0.226 e. The van der Waals surface area contributed by atoms with Crippen LogP contribution < -0.4 is 0 Å². The fourth-order valence-corrected chi connectivity index (χ4v) is 1.60. The number of carbonyl (C=O) groups is 1. The second kappa shape index (κ2) is 3.94. The third kappa shape index (κ3) is 1.83. The van der Waals surface area contributed by atoms with Crippen LogP contribution in [0.25, 0.3) is 5.69 Å². The zero-order chi connectivity index (χ0) is 10.8. The average Bonchev–Trinajstić information content (AvgIpc) is 2.59. The van der Waals surface area contributed by atoms with Gasteiger partial charge in [0.25, 0.3) is 0 Å². The van der Waals surface area contributed by atoms with E-state index in [-0.39, 0.29) is 5.56 Å². The Kier molecular flexibility index (Phi) is 2.64. The van der Waals surface area contributed by atoms with Crippen molar-refractivity contribution in [3.05, 3.63) is 46.4 Å². The third-order valence-corrected chi connectivity index (χ3v) is 2.41. The highest BCUT2D eigenvalue weighted by atomic mass is 79.9. The van der Waals surface area contributed by atoms with Crippen molar-refractivity contribution < 1.29 is 9.18 Å². The van der Waals surface area contributed by atoms with E-state index in [1.807, 2.05) is 6.07 Å². The van der Waals surface area contributed by atoms with E-state index in [1.54, 1.807) is 18.2 Å². The molecule has 76 valence electrons. The van der Waals surface area contributed by atoms with Gasteiger partial charge in [-0.15, -0.1) is 0 Å². The Labute approximate surface area is 93.7 Å². The molecule has 0 amide bonds. The molecule has 0 N–H and O–H groups in total. The van der Waals surface area contributed by atoms with Crippen molar-refractivity contribution in [3.63, 3.8) is 0 Å². The maximum absolute atomic E-state index is 13.5. The molecular formula is C10H6BrFN2O. The molecule has 0 saturated carbocycles. The predicted octanol–water partition coefficient (Wildman–Crippen LogP) is 2.59. The van der Waals surface area contributed by atoms with E-state index in [9.17, 15) is 9.18 Å². The summed E-state index contributed by atoms with van der Waals surface area (Å²) in [5, 5.41) is 3.79. The van der Waals surface area contributed by atoms with Crippen molar-refractivity contribution >= 4 is 22.2 Å². The van der Waals surface area contributed by atoms with E-state index in [4.69, 9.17) is 0 Å². The number of hydrogen-bond donors (Lipinski definition) is 0. The average molecular weight is 269 g/mol. The first-order valence-electron chi connectivity index (χ1n) is 4.17. The van der Waals surface area contributed by atoms with Crippen molar-refractivity contribution in [1.82, 2.24) is 9.78 Å². The van der Waals surface area contributed by atoms with Crippen LogP contribution in [0.2, 0.25) is 0 Å². The molecule has 0 unspecified atom stereocenters. The number of aldehydes is 1. The summed E-state index contributed by atoms with van der Waals surface area (Å²) in [6.45, 7) is 0. The summed E-state index contributed by atoms with van der Waals surface area (Å²) in [5.74, 6) is -0.650. The molecule has 0 fully saturated rings. The quantitative estimate of drug-likeness (QED) is 0.785. The molecule has 0 radical (unpaired) electrons. The Hall–Kier alpha value is -1.49. The van der Waals surface area contributed by atoms with Gasteiger partial charge in [-0.25, -0.2) is 4.68 Å². The van der Waals surface area contributed by atoms with Crippen LogP contribution in [0.15, 0.2) is 34.9 Å². The molecule has 15 heavy (non-hydrogen) atoms. The molecule has 0 spiro atoms. The molecule has 5 heteroatoms. The van der Waals surface area contributed by atoms with Gasteiger partial charge < -0.3 is 0 Å². The van der Waals surface area contributed by atoms with Gasteiger partial charge in [0.15, 0.2) is 6.29 Å². The number of aromatic nitrogens is 2. The van der Waals surface area contributed by atoms with Gasteiger partial charge in [0.2, 0.25) is 5.95 Å². The predicted molar refractivity (Wildman–Crippen MR) is 56.6 cm³/mol. The van der Waals surface area contributed by atoms with Crippen LogP contribution in [0.5, 0.6) is 0 Å². The fraction of sp³-hybridized carbons (Fsp3) is 0. The standard InChI is InChI=1S/C10H6BrFN2O/c11-8-2-1-3-9(4-8)14-10(12)7(6-15)5-13-14/h1-6H. The van der Waals surface area contributed by atoms with Crippen molar-refractivity contribution in [2.45, 2.75) is 0 Å². The minimum absolute atomic E-state index is 0.0463. The second-order valence-electron chi connectivity index (χ2n) is 2.90. The molecule has 1 heterocycles. The molecule has 0 aliphatic carbocycles. The number of halogens is 2. The van der Waals surface area contributed by atoms with Crippen molar-refractivity contribution in [3.8, 4) is 5.69 Å². The number of hydrogen-bond acceptors (Lipinski definition) is 2. The SMILES string of the molecule is O=Cc1cnn(-c2cccc(Br)c2)c1F. The molecule has 2 rings (SSSR count). The monoisotopic (exact) mass is 268 g/mol. The molecule has 1 aromatic heterocycles. The lowest BCUT2D eigenvalue weighted by molar-refractivity contribution is 0.111. The minimum Gasteiger partial charge on any atom is -0.298 e. The Morgan fingerprint density at radius 1 is 1.47 bits per heavy atom. The highest BCUT2D eigenvalue weighted by Gasteiger charge is 2.10. The first kappa shape index (κ1) is 10.0. The van der Waals surface area contributed by atoms with Gasteiger partial charge in [-0.1, -0.05) is 22.0 Å². The van der Waals surface area contributed by atoms with Crippen molar-refractivity contribution in [2.24, 2.45) is 0 Å². The van der Waals surface area contributed by atoms with Crippen LogP contribution >= 0.6 is 15.9 Å². The van der Waals surface area contributed by atoms with Crippen LogP contribution in [0.1, 0.15) is 10.4 Å². The summed E-state index contributed by atoms with van der Waals surface area (Å²) < 4.78 is 15.4. The van der Waals surface area contributed by atoms with Gasteiger partial charge in [-0.3, -0.25) is 4.79 Å². The molecule has 0 aliphatic heterocycles. The van der Waals surface area contributed by atoms with Gasteiger partial charge >= 0.3 is 0 Å². The van der Waals surface area contributed by atoms with Gasteiger partial charge in [-0.2, -0.15) is 9.49 Å². The summed E-state index contributed by atoms with van der Waals surface area (Å²) >= 11 is 3.27. The van der Waals surface area contributed by atoms with Crippen LogP contribution in [0, 0.1) is 5.95 Å². The van der Waals surface area contributed by atoms with E-state index in [0.29, 0.717) is 12.0 Å². The highest BCUT2D eigenvalue weighted by molar-refractivity contribution is 9.10. The van der Waals surface area contributed by atoms with E-state index in [0.717, 1.165) is 9.15 Å². The number of rotatable bonds is 2. The Morgan fingerprint density at radius 2 is 2.27 bits per heavy atom. The largest absolute Gasteiger partial charge is 0.298 e. The van der Waals surface area contributed by atoms with Gasteiger partial charge in [-0.05, 0) is 18.2 Å². The summed E-state index contributed by atoms with van der Waals surface area (Å²) in [6, 6.07) is 7.01. The first-order chi connectivity index (χ1) is 7.22. The molecule has 1 aromatic carbocycles. The van der Waals surface area contributed by atoms with Crippen LogP contribution in [-0.2, 0) is 0 Å². The molecule has 2 aromatic rings. The summed E-state index contributed by atoms with van der Waals surface area (Å²) in [7, 11) is 0. The zero-order valence-corrected chi connectivity index (χ0v) is 9.11. The molecular weight excluding hydrogens is 263 g/mol. The molecule has 0 aliphatic rings. The zero-order valence-electron chi connectivity index (χ0n) is 7.52. The summed E-state index contributed by atoms with van der Waals surface area (Å²) in [4.78, 5) is 10.4. The van der Waals surface area contributed by atoms with E-state index in [1.165, 1.54) is 6.20 Å². The van der Waals surface area contributed by atoms with Gasteiger partial charge in [0.1, 0.15) is 0 Å². The Bertz CT molecular complexity index is 510. The molecule has 0 saturated heterocycles. The third-order valence-electron chi connectivity index (χ3n) is 1.92. The van der Waals surface area contributed by atoms with Gasteiger partial charge in [0.05, 0.1) is 17.4 Å². The number of nitrogens with zero attached hydrogens (tertiary/aromatic N) is 2. The van der Waals surface area contributed by atoms with Crippen LogP contribution in [0.3, 0.4) is 0 Å². The Morgan fingerprint density at radius 3 is 2.87 bits per heavy atom. The molecule has 3 nitrogen and oxygen atoms in total. The van der Waals surface area contributed by atoms with Crippen LogP contribution in [-0.4, -0.2) is 16.1 Å². The first-order valence-corrected chi connectivity index (χ1v) is 4.96. The summed E-state index contributed by atoms with van der Waals surface area (Å²) in [6.07, 6.45) is 1.64. The van der Waals surface area contributed by atoms with E-state index < -0.39 is 5.95 Å². The van der Waals surface area contributed by atoms with Crippen molar-refractivity contribution in [2.75, 3.05) is 0 Å². The molecule has 0 atom stereocenters. The Balaban J connectivity index is 2.54. The maximum atomic E-state index is 13.5. The number of carbonyl (C=O) groups excluding carboxylic acids is 1. The second-order valence-corrected chi connectivity index (χ2v) is 3.82. The minimum atomic E-state index is -0.650. The molecule has 0 bridgehead atoms. The van der Waals surface area contributed by atoms with Crippen LogP contribution in [0.4, 0.5) is 4.39 Å². The van der Waals surface area contributed by atoms with Gasteiger partial charge in [0, 0.05) is 4.47 Å². The normalized spacial score (nSPS) is 10.3. The fourth-order valence-electron chi connectivity index (χ4n) is 1.21. The van der Waals surface area contributed by atoms with E-state index in [2.05, 4.69) is 21.0 Å².